The standard InChI is InChI=1S/C41H50N6O4/c1-5-7-20-45(21-8-6-2)40(50)36-22-28(3)47(43-36)37-19-18-32(42-41(51)44(4)38-25-34(38)29-14-10-9-11-15-29)24-35(37)39(49)46-26-31-17-13-12-16-30(31)23-33(46)27-48/h9-19,22,24,33-34,38-39,48-49H,4-8,20-21,23,25-27H2,1-3H3/p+1/t33-,34-,38+,39?/m0/s1. The molecule has 1 aliphatic heterocycles. The lowest BCUT2D eigenvalue weighted by atomic mass is 9.93. The number of carbonyl (C=O) groups excluding carboxylic acids is 2. The van der Waals surface area contributed by atoms with Crippen molar-refractivity contribution >= 4 is 24.3 Å². The molecular weight excluding hydrogens is 640 g/mol. The lowest BCUT2D eigenvalue weighted by Gasteiger charge is -2.39. The van der Waals surface area contributed by atoms with Crippen LogP contribution in [0.1, 0.15) is 96.5 Å². The lowest BCUT2D eigenvalue weighted by Crippen LogP contribution is -2.45. The van der Waals surface area contributed by atoms with E-state index in [0.717, 1.165) is 48.9 Å². The maximum absolute atomic E-state index is 13.7. The number of anilines is 1. The number of aryl methyl sites for hydroxylation is 1. The van der Waals surface area contributed by atoms with Gasteiger partial charge in [0.15, 0.2) is 5.69 Å². The van der Waals surface area contributed by atoms with Gasteiger partial charge in [-0.3, -0.25) is 9.69 Å². The average Bonchev–Trinajstić information content (AvgIpc) is 3.87. The molecule has 3 amide bonds. The van der Waals surface area contributed by atoms with Gasteiger partial charge in [-0.05, 0) is 73.6 Å². The number of aliphatic hydroxyl groups excluding tert-OH is 2. The Morgan fingerprint density at radius 3 is 2.37 bits per heavy atom. The summed E-state index contributed by atoms with van der Waals surface area (Å²) in [4.78, 5) is 31.0. The molecule has 1 saturated carbocycles. The predicted molar refractivity (Wildman–Crippen MR) is 200 cm³/mol. The summed E-state index contributed by atoms with van der Waals surface area (Å²) < 4.78 is 3.20. The molecule has 10 nitrogen and oxygen atoms in total. The van der Waals surface area contributed by atoms with Crippen LogP contribution in [0.25, 0.3) is 5.69 Å². The molecule has 0 radical (unpaired) electrons. The zero-order valence-electron chi connectivity index (χ0n) is 30.0. The molecule has 268 valence electrons. The van der Waals surface area contributed by atoms with Crippen molar-refractivity contribution in [2.45, 2.75) is 90.1 Å². The SMILES string of the molecule is C=[N+](C(=O)Nc1ccc(-n2nc(C(=O)N(CCCC)CCCC)cc2C)c(C(O)N2Cc3ccccc3C[C@H]2CO)c1)[C@@H]1C[C@H]1c1ccccc1. The summed E-state index contributed by atoms with van der Waals surface area (Å²) in [6.07, 6.45) is 4.09. The maximum atomic E-state index is 13.7. The van der Waals surface area contributed by atoms with Crippen LogP contribution in [0.5, 0.6) is 0 Å². The molecule has 1 aromatic heterocycles. The fourth-order valence-corrected chi connectivity index (χ4v) is 7.20. The summed E-state index contributed by atoms with van der Waals surface area (Å²) in [6, 6.07) is 24.7. The second kappa shape index (κ2) is 16.1. The first kappa shape index (κ1) is 36.2. The van der Waals surface area contributed by atoms with Gasteiger partial charge in [0, 0.05) is 42.9 Å². The number of benzene rings is 3. The Morgan fingerprint density at radius 2 is 1.69 bits per heavy atom. The monoisotopic (exact) mass is 691 g/mol. The molecule has 2 aliphatic rings. The smallest absolute Gasteiger partial charge is 0.395 e. The van der Waals surface area contributed by atoms with Gasteiger partial charge in [-0.15, -0.1) is 0 Å². The van der Waals surface area contributed by atoms with Crippen LogP contribution in [-0.2, 0) is 13.0 Å². The molecule has 3 aromatic carbocycles. The highest BCUT2D eigenvalue weighted by Gasteiger charge is 2.46. The van der Waals surface area contributed by atoms with Crippen LogP contribution < -0.4 is 5.32 Å². The molecule has 0 spiro atoms. The second-order valence-electron chi connectivity index (χ2n) is 13.9. The van der Waals surface area contributed by atoms with E-state index in [0.29, 0.717) is 48.7 Å². The van der Waals surface area contributed by atoms with Gasteiger partial charge in [-0.2, -0.15) is 9.89 Å². The molecule has 0 saturated heterocycles. The van der Waals surface area contributed by atoms with E-state index < -0.39 is 6.23 Å². The van der Waals surface area contributed by atoms with Gasteiger partial charge in [-0.25, -0.2) is 14.6 Å². The highest BCUT2D eigenvalue weighted by molar-refractivity contribution is 5.92. The first-order valence-corrected chi connectivity index (χ1v) is 18.3. The number of unbranched alkanes of at least 4 members (excludes halogenated alkanes) is 2. The molecule has 1 fully saturated rings. The second-order valence-corrected chi connectivity index (χ2v) is 13.9. The van der Waals surface area contributed by atoms with Crippen molar-refractivity contribution in [3.05, 3.63) is 113 Å². The van der Waals surface area contributed by atoms with E-state index in [1.807, 2.05) is 59.2 Å². The Hall–Kier alpha value is -4.64. The molecule has 2 heterocycles. The lowest BCUT2D eigenvalue weighted by molar-refractivity contribution is -0.431. The summed E-state index contributed by atoms with van der Waals surface area (Å²) in [6.45, 7) is 11.8. The van der Waals surface area contributed by atoms with Crippen LogP contribution in [0.3, 0.4) is 0 Å². The van der Waals surface area contributed by atoms with E-state index in [2.05, 4.69) is 44.1 Å². The fourth-order valence-electron chi connectivity index (χ4n) is 7.20. The van der Waals surface area contributed by atoms with E-state index in [1.54, 1.807) is 22.9 Å². The van der Waals surface area contributed by atoms with Gasteiger partial charge in [0.05, 0.1) is 19.0 Å². The van der Waals surface area contributed by atoms with Crippen LogP contribution in [0, 0.1) is 6.92 Å². The first-order chi connectivity index (χ1) is 24.7. The number of urea groups is 1. The minimum Gasteiger partial charge on any atom is -0.395 e. The number of aliphatic hydroxyl groups is 2. The quantitative estimate of drug-likeness (QED) is 0.104. The van der Waals surface area contributed by atoms with Gasteiger partial charge >= 0.3 is 6.03 Å². The minimum absolute atomic E-state index is 0.00707. The van der Waals surface area contributed by atoms with Crippen molar-refractivity contribution in [3.8, 4) is 5.69 Å². The molecule has 10 heteroatoms. The van der Waals surface area contributed by atoms with Crippen LogP contribution in [-0.4, -0.2) is 84.8 Å². The molecule has 4 atom stereocenters. The molecule has 6 rings (SSSR count). The molecular formula is C41H51N6O4+. The van der Waals surface area contributed by atoms with Gasteiger partial charge < -0.3 is 15.1 Å². The highest BCUT2D eigenvalue weighted by atomic mass is 16.3. The van der Waals surface area contributed by atoms with Crippen molar-refractivity contribution < 1.29 is 24.4 Å². The van der Waals surface area contributed by atoms with Crippen molar-refractivity contribution in [3.63, 3.8) is 0 Å². The third-order valence-corrected chi connectivity index (χ3v) is 10.3. The minimum atomic E-state index is -1.16. The number of hydrogen-bond donors (Lipinski definition) is 3. The first-order valence-electron chi connectivity index (χ1n) is 18.3. The summed E-state index contributed by atoms with van der Waals surface area (Å²) >= 11 is 0. The zero-order valence-corrected chi connectivity index (χ0v) is 30.0. The van der Waals surface area contributed by atoms with Crippen LogP contribution in [0.4, 0.5) is 10.5 Å². The van der Waals surface area contributed by atoms with Crippen molar-refractivity contribution in [2.24, 2.45) is 0 Å². The van der Waals surface area contributed by atoms with E-state index in [1.165, 1.54) is 10.1 Å². The number of aromatic nitrogens is 2. The van der Waals surface area contributed by atoms with E-state index in [4.69, 9.17) is 5.10 Å². The molecule has 51 heavy (non-hydrogen) atoms. The Morgan fingerprint density at radius 1 is 1.00 bits per heavy atom. The number of nitrogens with one attached hydrogen (secondary N) is 1. The van der Waals surface area contributed by atoms with Gasteiger partial charge in [0.1, 0.15) is 18.0 Å². The number of rotatable bonds is 14. The third kappa shape index (κ3) is 7.98. The highest BCUT2D eigenvalue weighted by Crippen LogP contribution is 2.43. The molecule has 4 aromatic rings. The van der Waals surface area contributed by atoms with Crippen LogP contribution in [0.2, 0.25) is 0 Å². The van der Waals surface area contributed by atoms with Crippen molar-refractivity contribution in [1.82, 2.24) is 19.6 Å². The van der Waals surface area contributed by atoms with Crippen LogP contribution >= 0.6 is 0 Å². The normalized spacial score (nSPS) is 18.9. The Kier molecular flexibility index (Phi) is 11.4. The van der Waals surface area contributed by atoms with E-state index in [-0.39, 0.29) is 36.5 Å². The van der Waals surface area contributed by atoms with Crippen molar-refractivity contribution in [1.29, 1.82) is 0 Å². The number of fused-ring (bicyclic) bond motifs is 1. The fraction of sp³-hybridized carbons (Fsp3) is 0.415. The summed E-state index contributed by atoms with van der Waals surface area (Å²) in [5.74, 6) is 0.133. The Labute approximate surface area is 301 Å². The summed E-state index contributed by atoms with van der Waals surface area (Å²) in [5.41, 5.74) is 6.07. The number of carbonyl (C=O) groups is 2. The molecule has 1 aliphatic carbocycles. The maximum Gasteiger partial charge on any atom is 0.495 e. The Bertz CT molecular complexity index is 1850. The number of nitrogens with zero attached hydrogens (tertiary/aromatic N) is 5. The number of amides is 3. The van der Waals surface area contributed by atoms with E-state index in [9.17, 15) is 19.8 Å². The largest absolute Gasteiger partial charge is 0.495 e. The van der Waals surface area contributed by atoms with Gasteiger partial charge in [0.25, 0.3) is 5.91 Å². The third-order valence-electron chi connectivity index (χ3n) is 10.3. The van der Waals surface area contributed by atoms with Crippen molar-refractivity contribution in [2.75, 3.05) is 25.0 Å². The molecule has 3 N–H and O–H groups in total. The number of hydrogen-bond acceptors (Lipinski definition) is 6. The van der Waals surface area contributed by atoms with Gasteiger partial charge in [-0.1, -0.05) is 81.3 Å². The summed E-state index contributed by atoms with van der Waals surface area (Å²) in [5, 5.41) is 30.5. The van der Waals surface area contributed by atoms with Crippen LogP contribution in [0.15, 0.2) is 78.9 Å². The van der Waals surface area contributed by atoms with E-state index >= 15 is 0 Å². The average molecular weight is 692 g/mol. The molecule has 1 unspecified atom stereocenters. The Balaban J connectivity index is 1.32. The molecule has 0 bridgehead atoms. The summed E-state index contributed by atoms with van der Waals surface area (Å²) in [7, 11) is 0. The topological polar surface area (TPSA) is 114 Å². The van der Waals surface area contributed by atoms with Gasteiger partial charge in [0.2, 0.25) is 0 Å². The zero-order chi connectivity index (χ0) is 36.1. The predicted octanol–water partition coefficient (Wildman–Crippen LogP) is 6.43.